The number of methoxy groups -OCH3 is 1. The Kier molecular flexibility index (Phi) is 8.46. The van der Waals surface area contributed by atoms with E-state index in [9.17, 15) is 15.3 Å². The molecule has 0 fully saturated rings. The molecule has 0 spiro atoms. The fourth-order valence-corrected chi connectivity index (χ4v) is 4.26. The Morgan fingerprint density at radius 3 is 2.33 bits per heavy atom. The van der Waals surface area contributed by atoms with Crippen LogP contribution in [0.4, 0.5) is 0 Å². The van der Waals surface area contributed by atoms with Crippen molar-refractivity contribution >= 4 is 12.0 Å². The SMILES string of the molecule is COc1ccc(CNC(=O)/C(C#N)=C\c2cc(C)n(-c3ccc(OCc4ccccc4C#N)cc3)c2C)cc1. The Morgan fingerprint density at radius 2 is 1.67 bits per heavy atom. The van der Waals surface area contributed by atoms with Crippen molar-refractivity contribution in [2.45, 2.75) is 27.0 Å². The second kappa shape index (κ2) is 12.3. The first kappa shape index (κ1) is 26.8. The summed E-state index contributed by atoms with van der Waals surface area (Å²) in [7, 11) is 1.60. The van der Waals surface area contributed by atoms with Gasteiger partial charge in [0.15, 0.2) is 0 Å². The normalized spacial score (nSPS) is 10.8. The molecule has 7 heteroatoms. The summed E-state index contributed by atoms with van der Waals surface area (Å²) >= 11 is 0. The van der Waals surface area contributed by atoms with Crippen LogP contribution in [0.1, 0.15) is 33.6 Å². The average Bonchev–Trinajstić information content (AvgIpc) is 3.26. The van der Waals surface area contributed by atoms with Gasteiger partial charge < -0.3 is 19.4 Å². The number of rotatable bonds is 9. The van der Waals surface area contributed by atoms with Crippen LogP contribution >= 0.6 is 0 Å². The van der Waals surface area contributed by atoms with Crippen molar-refractivity contribution < 1.29 is 14.3 Å². The molecule has 0 aliphatic rings. The molecule has 39 heavy (non-hydrogen) atoms. The zero-order chi connectivity index (χ0) is 27.8. The number of aryl methyl sites for hydroxylation is 1. The van der Waals surface area contributed by atoms with Crippen LogP contribution < -0.4 is 14.8 Å². The third kappa shape index (κ3) is 6.36. The Labute approximate surface area is 228 Å². The molecule has 7 nitrogen and oxygen atoms in total. The van der Waals surface area contributed by atoms with E-state index in [-0.39, 0.29) is 5.57 Å². The minimum Gasteiger partial charge on any atom is -0.497 e. The lowest BCUT2D eigenvalue weighted by atomic mass is 10.1. The molecule has 0 aliphatic heterocycles. The predicted molar refractivity (Wildman–Crippen MR) is 149 cm³/mol. The second-order valence-corrected chi connectivity index (χ2v) is 8.91. The van der Waals surface area contributed by atoms with E-state index >= 15 is 0 Å². The summed E-state index contributed by atoms with van der Waals surface area (Å²) in [5.41, 5.74) is 5.95. The molecule has 1 aromatic heterocycles. The lowest BCUT2D eigenvalue weighted by Crippen LogP contribution is -2.23. The summed E-state index contributed by atoms with van der Waals surface area (Å²) in [6.45, 7) is 4.53. The summed E-state index contributed by atoms with van der Waals surface area (Å²) in [4.78, 5) is 12.7. The highest BCUT2D eigenvalue weighted by atomic mass is 16.5. The first-order chi connectivity index (χ1) is 18.9. The first-order valence-corrected chi connectivity index (χ1v) is 12.4. The number of carbonyl (C=O) groups is 1. The lowest BCUT2D eigenvalue weighted by molar-refractivity contribution is -0.117. The quantitative estimate of drug-likeness (QED) is 0.225. The van der Waals surface area contributed by atoms with Gasteiger partial charge in [0, 0.05) is 29.2 Å². The highest BCUT2D eigenvalue weighted by Crippen LogP contribution is 2.25. The molecule has 4 aromatic rings. The monoisotopic (exact) mass is 516 g/mol. The smallest absolute Gasteiger partial charge is 0.262 e. The van der Waals surface area contributed by atoms with Crippen molar-refractivity contribution in [1.29, 1.82) is 10.5 Å². The van der Waals surface area contributed by atoms with Gasteiger partial charge in [-0.3, -0.25) is 4.79 Å². The summed E-state index contributed by atoms with van der Waals surface area (Å²) in [6, 6.07) is 28.6. The van der Waals surface area contributed by atoms with Gasteiger partial charge in [0.25, 0.3) is 5.91 Å². The minimum absolute atomic E-state index is 0.0326. The Morgan fingerprint density at radius 1 is 0.974 bits per heavy atom. The van der Waals surface area contributed by atoms with Crippen LogP contribution in [-0.4, -0.2) is 17.6 Å². The highest BCUT2D eigenvalue weighted by molar-refractivity contribution is 6.01. The maximum Gasteiger partial charge on any atom is 0.262 e. The molecule has 0 saturated heterocycles. The number of aromatic nitrogens is 1. The van der Waals surface area contributed by atoms with Gasteiger partial charge in [-0.15, -0.1) is 0 Å². The van der Waals surface area contributed by atoms with Crippen molar-refractivity contribution in [3.63, 3.8) is 0 Å². The van der Waals surface area contributed by atoms with Gasteiger partial charge in [0.05, 0.1) is 18.7 Å². The average molecular weight is 517 g/mol. The van der Waals surface area contributed by atoms with Gasteiger partial charge in [0.1, 0.15) is 29.7 Å². The van der Waals surface area contributed by atoms with Gasteiger partial charge in [0.2, 0.25) is 0 Å². The Balaban J connectivity index is 1.46. The van der Waals surface area contributed by atoms with Crippen LogP contribution in [0.15, 0.2) is 84.4 Å². The zero-order valence-corrected chi connectivity index (χ0v) is 22.1. The number of nitrogens with one attached hydrogen (secondary N) is 1. The maximum atomic E-state index is 12.7. The van der Waals surface area contributed by atoms with Gasteiger partial charge in [-0.1, -0.05) is 30.3 Å². The standard InChI is InChI=1S/C32H28N4O3/c1-22-16-27(17-28(19-34)32(37)35-20-24-8-12-30(38-3)13-9-24)23(2)36(22)29-10-14-31(15-11-29)39-21-26-7-5-4-6-25(26)18-33/h4-17H,20-21H2,1-3H3,(H,35,37)/b28-17-. The fourth-order valence-electron chi connectivity index (χ4n) is 4.26. The number of carbonyl (C=O) groups excluding carboxylic acids is 1. The first-order valence-electron chi connectivity index (χ1n) is 12.4. The van der Waals surface area contributed by atoms with E-state index in [0.717, 1.165) is 39.5 Å². The molecule has 0 atom stereocenters. The molecule has 0 unspecified atom stereocenters. The summed E-state index contributed by atoms with van der Waals surface area (Å²) in [5, 5.41) is 21.7. The number of nitrogens with zero attached hydrogens (tertiary/aromatic N) is 3. The molecule has 0 aliphatic carbocycles. The van der Waals surface area contributed by atoms with Crippen molar-refractivity contribution in [2.24, 2.45) is 0 Å². The summed E-state index contributed by atoms with van der Waals surface area (Å²) < 4.78 is 13.1. The largest absolute Gasteiger partial charge is 0.497 e. The number of benzene rings is 3. The molecular formula is C32H28N4O3. The number of ether oxygens (including phenoxy) is 2. The molecule has 0 saturated carbocycles. The van der Waals surface area contributed by atoms with E-state index in [1.165, 1.54) is 0 Å². The summed E-state index contributed by atoms with van der Waals surface area (Å²) in [5.74, 6) is 0.994. The Hall–Kier alpha value is -5.27. The minimum atomic E-state index is -0.433. The number of amides is 1. The number of hydrogen-bond donors (Lipinski definition) is 1. The van der Waals surface area contributed by atoms with Gasteiger partial charge in [-0.2, -0.15) is 10.5 Å². The molecule has 1 N–H and O–H groups in total. The van der Waals surface area contributed by atoms with Gasteiger partial charge in [-0.05, 0) is 79.6 Å². The van der Waals surface area contributed by atoms with Crippen LogP contribution in [0.5, 0.6) is 11.5 Å². The van der Waals surface area contributed by atoms with Crippen molar-refractivity contribution in [3.05, 3.63) is 118 Å². The van der Waals surface area contributed by atoms with Crippen LogP contribution in [0.2, 0.25) is 0 Å². The summed E-state index contributed by atoms with van der Waals surface area (Å²) in [6.07, 6.45) is 1.62. The molecule has 4 rings (SSSR count). The van der Waals surface area contributed by atoms with Gasteiger partial charge >= 0.3 is 0 Å². The van der Waals surface area contributed by atoms with E-state index in [1.54, 1.807) is 19.3 Å². The molecule has 3 aromatic carbocycles. The van der Waals surface area contributed by atoms with Crippen LogP contribution in [0, 0.1) is 36.5 Å². The second-order valence-electron chi connectivity index (χ2n) is 8.91. The van der Waals surface area contributed by atoms with E-state index < -0.39 is 5.91 Å². The molecule has 194 valence electrons. The van der Waals surface area contributed by atoms with E-state index in [2.05, 4.69) is 16.0 Å². The zero-order valence-electron chi connectivity index (χ0n) is 22.1. The number of hydrogen-bond acceptors (Lipinski definition) is 5. The topological polar surface area (TPSA) is 100 Å². The van der Waals surface area contributed by atoms with Crippen LogP contribution in [0.3, 0.4) is 0 Å². The fraction of sp³-hybridized carbons (Fsp3) is 0.156. The molecule has 1 amide bonds. The van der Waals surface area contributed by atoms with Gasteiger partial charge in [-0.25, -0.2) is 0 Å². The van der Waals surface area contributed by atoms with E-state index in [0.29, 0.717) is 24.5 Å². The molecular weight excluding hydrogens is 488 g/mol. The third-order valence-corrected chi connectivity index (χ3v) is 6.37. The maximum absolute atomic E-state index is 12.7. The van der Waals surface area contributed by atoms with Crippen LogP contribution in [-0.2, 0) is 17.9 Å². The van der Waals surface area contributed by atoms with E-state index in [4.69, 9.17) is 9.47 Å². The molecule has 0 radical (unpaired) electrons. The highest BCUT2D eigenvalue weighted by Gasteiger charge is 2.14. The van der Waals surface area contributed by atoms with E-state index in [1.807, 2.05) is 92.7 Å². The third-order valence-electron chi connectivity index (χ3n) is 6.37. The Bertz CT molecular complexity index is 1580. The van der Waals surface area contributed by atoms with Crippen LogP contribution in [0.25, 0.3) is 11.8 Å². The molecule has 0 bridgehead atoms. The lowest BCUT2D eigenvalue weighted by Gasteiger charge is -2.12. The van der Waals surface area contributed by atoms with Crippen molar-refractivity contribution in [1.82, 2.24) is 9.88 Å². The molecule has 1 heterocycles. The number of nitriles is 2. The van der Waals surface area contributed by atoms with Crippen molar-refractivity contribution in [3.8, 4) is 29.3 Å². The predicted octanol–water partition coefficient (Wildman–Crippen LogP) is 5.78. The van der Waals surface area contributed by atoms with Crippen molar-refractivity contribution in [2.75, 3.05) is 7.11 Å².